The lowest BCUT2D eigenvalue weighted by Crippen LogP contribution is -2.43. The minimum Gasteiger partial charge on any atom is -0.473 e. The largest absolute Gasteiger partial charge is 0.473 e. The lowest BCUT2D eigenvalue weighted by molar-refractivity contribution is -0.159. The summed E-state index contributed by atoms with van der Waals surface area (Å²) in [6.07, 6.45) is 11.2. The van der Waals surface area contributed by atoms with Crippen LogP contribution in [0.3, 0.4) is 0 Å². The van der Waals surface area contributed by atoms with E-state index in [2.05, 4.69) is 94.6 Å². The Bertz CT molecular complexity index is 1590. The number of benzene rings is 3. The van der Waals surface area contributed by atoms with Crippen molar-refractivity contribution in [1.29, 1.82) is 0 Å². The maximum atomic E-state index is 13.2. The summed E-state index contributed by atoms with van der Waals surface area (Å²) in [5, 5.41) is 19.0. The number of nitrogens with zero attached hydrogens (tertiary/aromatic N) is 2. The van der Waals surface area contributed by atoms with Gasteiger partial charge in [-0.3, -0.25) is 9.69 Å². The maximum absolute atomic E-state index is 13.2. The summed E-state index contributed by atoms with van der Waals surface area (Å²) >= 11 is 0. The number of para-hydroxylation sites is 1. The molecule has 1 unspecified atom stereocenters. The highest BCUT2D eigenvalue weighted by Gasteiger charge is 2.39. The van der Waals surface area contributed by atoms with Crippen molar-refractivity contribution in [3.05, 3.63) is 107 Å². The number of aliphatic carboxylic acids is 2. The minimum absolute atomic E-state index is 0.00192. The standard InChI is InChI=1S/C35H41N3O.C2H2O4/c1-26-9-7-12-29(21-26)24-36-35(39)33-25-37(34-14-6-5-13-32(33)34)19-8-20-38-30-17-18-31(38)23-28(22-30)16-15-27-10-3-2-4-11-27;3-1(4)2(5)6/h2-7,9-14,21,25,28,30-31H,8,15-20,22-24H2,1H3,(H,36,39);(H,3,4)(H,5,6)/t28?,30-,31+;. The number of piperidine rings is 1. The lowest BCUT2D eigenvalue weighted by atomic mass is 9.86. The highest BCUT2D eigenvalue weighted by Crippen LogP contribution is 2.40. The Morgan fingerprint density at radius 1 is 0.822 bits per heavy atom. The van der Waals surface area contributed by atoms with Gasteiger partial charge in [-0.2, -0.15) is 0 Å². The quantitative estimate of drug-likeness (QED) is 0.182. The molecular formula is C37H43N3O5. The SMILES string of the molecule is Cc1cccc(CNC(=O)c2cn(CCCN3[C@@H]4CC[C@H]3CC(CCc3ccccc3)C4)c3ccccc23)c1.O=C(O)C(=O)O. The Balaban J connectivity index is 0.000000609. The van der Waals surface area contributed by atoms with E-state index in [4.69, 9.17) is 19.8 Å². The van der Waals surface area contributed by atoms with Gasteiger partial charge in [-0.1, -0.05) is 78.4 Å². The number of fused-ring (bicyclic) bond motifs is 3. The molecule has 0 spiro atoms. The van der Waals surface area contributed by atoms with Crippen molar-refractivity contribution < 1.29 is 24.6 Å². The van der Waals surface area contributed by atoms with Gasteiger partial charge >= 0.3 is 11.9 Å². The molecule has 3 aromatic carbocycles. The van der Waals surface area contributed by atoms with E-state index in [9.17, 15) is 4.79 Å². The summed E-state index contributed by atoms with van der Waals surface area (Å²) in [5.74, 6) is -2.78. The monoisotopic (exact) mass is 609 g/mol. The van der Waals surface area contributed by atoms with Gasteiger partial charge in [0.25, 0.3) is 5.91 Å². The van der Waals surface area contributed by atoms with Crippen LogP contribution in [-0.4, -0.2) is 56.2 Å². The van der Waals surface area contributed by atoms with Gasteiger partial charge in [0.1, 0.15) is 0 Å². The zero-order valence-electron chi connectivity index (χ0n) is 25.9. The van der Waals surface area contributed by atoms with Crippen molar-refractivity contribution in [1.82, 2.24) is 14.8 Å². The molecule has 2 saturated heterocycles. The second-order valence-corrected chi connectivity index (χ2v) is 12.4. The molecule has 45 heavy (non-hydrogen) atoms. The third-order valence-corrected chi connectivity index (χ3v) is 9.23. The van der Waals surface area contributed by atoms with E-state index in [0.29, 0.717) is 6.54 Å². The molecule has 236 valence electrons. The molecule has 0 radical (unpaired) electrons. The summed E-state index contributed by atoms with van der Waals surface area (Å²) < 4.78 is 2.30. The Kier molecular flexibility index (Phi) is 10.7. The fourth-order valence-corrected chi connectivity index (χ4v) is 7.14. The molecule has 3 N–H and O–H groups in total. The lowest BCUT2D eigenvalue weighted by Gasteiger charge is -2.39. The maximum Gasteiger partial charge on any atom is 0.414 e. The van der Waals surface area contributed by atoms with Crippen molar-refractivity contribution in [2.45, 2.75) is 77.0 Å². The van der Waals surface area contributed by atoms with Gasteiger partial charge in [-0.05, 0) is 75.0 Å². The van der Waals surface area contributed by atoms with Gasteiger partial charge < -0.3 is 20.1 Å². The summed E-state index contributed by atoms with van der Waals surface area (Å²) in [5.41, 5.74) is 5.75. The van der Waals surface area contributed by atoms with Crippen LogP contribution in [0.25, 0.3) is 10.9 Å². The van der Waals surface area contributed by atoms with Gasteiger partial charge in [-0.15, -0.1) is 0 Å². The van der Waals surface area contributed by atoms with E-state index in [0.717, 1.165) is 59.5 Å². The molecule has 3 heterocycles. The summed E-state index contributed by atoms with van der Waals surface area (Å²) in [7, 11) is 0. The number of nitrogens with one attached hydrogen (secondary N) is 1. The van der Waals surface area contributed by atoms with Gasteiger partial charge in [0.05, 0.1) is 5.56 Å². The van der Waals surface area contributed by atoms with Crippen molar-refractivity contribution >= 4 is 28.7 Å². The third kappa shape index (κ3) is 8.39. The molecule has 2 aliphatic rings. The third-order valence-electron chi connectivity index (χ3n) is 9.23. The van der Waals surface area contributed by atoms with Crippen LogP contribution >= 0.6 is 0 Å². The second-order valence-electron chi connectivity index (χ2n) is 12.4. The van der Waals surface area contributed by atoms with Gasteiger partial charge in [0.15, 0.2) is 0 Å². The molecule has 0 aliphatic carbocycles. The van der Waals surface area contributed by atoms with Crippen LogP contribution in [0.5, 0.6) is 0 Å². The predicted molar refractivity (Wildman–Crippen MR) is 175 cm³/mol. The van der Waals surface area contributed by atoms with Crippen LogP contribution < -0.4 is 5.32 Å². The molecule has 2 fully saturated rings. The van der Waals surface area contributed by atoms with Gasteiger partial charge in [0.2, 0.25) is 0 Å². The van der Waals surface area contributed by atoms with E-state index >= 15 is 0 Å². The van der Waals surface area contributed by atoms with E-state index in [-0.39, 0.29) is 5.91 Å². The van der Waals surface area contributed by atoms with Gasteiger partial charge in [-0.25, -0.2) is 9.59 Å². The zero-order valence-corrected chi connectivity index (χ0v) is 25.9. The van der Waals surface area contributed by atoms with Gasteiger partial charge in [0, 0.05) is 48.8 Å². The Morgan fingerprint density at radius 3 is 2.18 bits per heavy atom. The minimum atomic E-state index is -1.82. The number of rotatable bonds is 10. The van der Waals surface area contributed by atoms with Crippen molar-refractivity contribution in [2.24, 2.45) is 5.92 Å². The highest BCUT2D eigenvalue weighted by molar-refractivity contribution is 6.27. The molecule has 4 aromatic rings. The molecule has 3 atom stereocenters. The number of carbonyl (C=O) groups is 3. The van der Waals surface area contributed by atoms with Crippen molar-refractivity contribution in [3.63, 3.8) is 0 Å². The molecular weight excluding hydrogens is 566 g/mol. The molecule has 2 bridgehead atoms. The van der Waals surface area contributed by atoms with Crippen molar-refractivity contribution in [3.8, 4) is 0 Å². The first-order valence-corrected chi connectivity index (χ1v) is 16.0. The molecule has 2 aliphatic heterocycles. The molecule has 8 heteroatoms. The fourth-order valence-electron chi connectivity index (χ4n) is 7.14. The van der Waals surface area contributed by atoms with E-state index < -0.39 is 11.9 Å². The number of carbonyl (C=O) groups excluding carboxylic acids is 1. The Morgan fingerprint density at radius 2 is 1.49 bits per heavy atom. The molecule has 6 rings (SSSR count). The normalized spacial score (nSPS) is 19.1. The first kappa shape index (κ1) is 32.0. The van der Waals surface area contributed by atoms with E-state index in [1.54, 1.807) is 0 Å². The first-order chi connectivity index (χ1) is 21.8. The van der Waals surface area contributed by atoms with Crippen LogP contribution in [0, 0.1) is 12.8 Å². The summed E-state index contributed by atoms with van der Waals surface area (Å²) in [6, 6.07) is 29.2. The topological polar surface area (TPSA) is 112 Å². The van der Waals surface area contributed by atoms with Crippen LogP contribution in [-0.2, 0) is 29.1 Å². The number of hydrogen-bond donors (Lipinski definition) is 3. The van der Waals surface area contributed by atoms with Crippen LogP contribution in [0.15, 0.2) is 85.1 Å². The Hall–Kier alpha value is -4.43. The molecule has 1 aromatic heterocycles. The van der Waals surface area contributed by atoms with E-state index in [1.807, 2.05) is 12.1 Å². The number of carboxylic acids is 2. The summed E-state index contributed by atoms with van der Waals surface area (Å²) in [6.45, 7) is 4.73. The van der Waals surface area contributed by atoms with E-state index in [1.165, 1.54) is 49.7 Å². The molecule has 1 amide bonds. The molecule has 0 saturated carbocycles. The molecule has 8 nitrogen and oxygen atoms in total. The number of carboxylic acid groups (broad SMARTS) is 2. The summed E-state index contributed by atoms with van der Waals surface area (Å²) in [4.78, 5) is 34.2. The first-order valence-electron chi connectivity index (χ1n) is 16.0. The Labute approximate surface area is 264 Å². The highest BCUT2D eigenvalue weighted by atomic mass is 16.4. The smallest absolute Gasteiger partial charge is 0.414 e. The average molecular weight is 610 g/mol. The number of amides is 1. The second kappa shape index (κ2) is 15.0. The number of aromatic nitrogens is 1. The van der Waals surface area contributed by atoms with Crippen LogP contribution in [0.1, 0.15) is 65.6 Å². The number of hydrogen-bond acceptors (Lipinski definition) is 4. The predicted octanol–water partition coefficient (Wildman–Crippen LogP) is 6.30. The number of aryl methyl sites for hydroxylation is 3. The van der Waals surface area contributed by atoms with Crippen LogP contribution in [0.2, 0.25) is 0 Å². The van der Waals surface area contributed by atoms with Crippen molar-refractivity contribution in [2.75, 3.05) is 6.54 Å². The average Bonchev–Trinajstić information content (AvgIpc) is 3.52. The fraction of sp³-hybridized carbons (Fsp3) is 0.378. The zero-order chi connectivity index (χ0) is 31.8. The van der Waals surface area contributed by atoms with Crippen LogP contribution in [0.4, 0.5) is 0 Å².